The van der Waals surface area contributed by atoms with E-state index in [4.69, 9.17) is 9.47 Å². The second-order valence-electron chi connectivity index (χ2n) is 7.79. The molecule has 2 heterocycles. The van der Waals surface area contributed by atoms with E-state index in [1.54, 1.807) is 0 Å². The average molecular weight is 389 g/mol. The molecule has 0 bridgehead atoms. The molecule has 2 aromatic rings. The second kappa shape index (κ2) is 10.0. The summed E-state index contributed by atoms with van der Waals surface area (Å²) >= 11 is 0. The Morgan fingerprint density at radius 2 is 2.14 bits per heavy atom. The number of rotatable bonds is 10. The van der Waals surface area contributed by atoms with Crippen molar-refractivity contribution in [3.63, 3.8) is 0 Å². The van der Waals surface area contributed by atoms with E-state index in [9.17, 15) is 10.1 Å². The van der Waals surface area contributed by atoms with E-state index < -0.39 is 6.04 Å². The van der Waals surface area contributed by atoms with Crippen molar-refractivity contribution in [3.8, 4) is 0 Å². The van der Waals surface area contributed by atoms with E-state index in [-0.39, 0.29) is 23.7 Å². The highest BCUT2D eigenvalue weighted by Gasteiger charge is 2.36. The molecule has 0 amide bonds. The number of nitro groups is 1. The maximum Gasteiger partial charge on any atom is 0.243 e. The van der Waals surface area contributed by atoms with E-state index in [0.29, 0.717) is 6.61 Å². The van der Waals surface area contributed by atoms with Gasteiger partial charge in [-0.2, -0.15) is 0 Å². The Balaban J connectivity index is 1.86. The molecule has 3 rings (SSSR count). The number of aromatic nitrogens is 1. The highest BCUT2D eigenvalue weighted by molar-refractivity contribution is 5.85. The quantitative estimate of drug-likeness (QED) is 0.339. The topological polar surface area (TPSA) is 77.4 Å². The van der Waals surface area contributed by atoms with Crippen LogP contribution < -0.4 is 0 Å². The molecule has 3 unspecified atom stereocenters. The second-order valence-corrected chi connectivity index (χ2v) is 7.79. The lowest BCUT2D eigenvalue weighted by Crippen LogP contribution is -2.36. The Hall–Kier alpha value is -1.92. The molecule has 3 atom stereocenters. The summed E-state index contributed by atoms with van der Waals surface area (Å²) in [7, 11) is 0. The van der Waals surface area contributed by atoms with Gasteiger partial charge in [-0.1, -0.05) is 44.4 Å². The molecule has 1 aromatic heterocycles. The summed E-state index contributed by atoms with van der Waals surface area (Å²) in [5.41, 5.74) is 3.12. The number of unbranched alkanes of at least 4 members (excludes halogenated alkanes) is 2. The molecular formula is C22H32N2O4. The van der Waals surface area contributed by atoms with Crippen molar-refractivity contribution in [1.29, 1.82) is 0 Å². The molecule has 1 aromatic carbocycles. The van der Waals surface area contributed by atoms with Crippen LogP contribution in [0, 0.1) is 17.0 Å². The van der Waals surface area contributed by atoms with Crippen molar-refractivity contribution < 1.29 is 14.4 Å². The molecule has 1 N–H and O–H groups in total. The molecule has 1 fully saturated rings. The summed E-state index contributed by atoms with van der Waals surface area (Å²) in [5.74, 6) is -0.179. The molecule has 6 heteroatoms. The van der Waals surface area contributed by atoms with E-state index in [0.717, 1.165) is 67.1 Å². The van der Waals surface area contributed by atoms with Gasteiger partial charge in [0.15, 0.2) is 6.29 Å². The highest BCUT2D eigenvalue weighted by Crippen LogP contribution is 2.36. The fourth-order valence-electron chi connectivity index (χ4n) is 4.29. The standard InChI is InChI=1S/C22H32N2O4/c1-3-4-5-11-18(22-16(2)23-19-12-7-6-10-17(19)22)20(24(25)26)15-28-21-13-8-9-14-27-21/h6-7,10,12,18,20-21,23H,3-5,8-9,11,13-15H2,1-2H3. The van der Waals surface area contributed by atoms with Gasteiger partial charge in [-0.05, 0) is 44.2 Å². The Morgan fingerprint density at radius 1 is 1.32 bits per heavy atom. The lowest BCUT2D eigenvalue weighted by molar-refractivity contribution is -0.533. The highest BCUT2D eigenvalue weighted by atomic mass is 16.7. The van der Waals surface area contributed by atoms with Gasteiger partial charge in [0.1, 0.15) is 6.61 Å². The maximum atomic E-state index is 12.1. The summed E-state index contributed by atoms with van der Waals surface area (Å²) in [4.78, 5) is 15.3. The Labute approximate surface area is 166 Å². The number of H-pyrrole nitrogens is 1. The number of hydrogen-bond donors (Lipinski definition) is 1. The Kier molecular flexibility index (Phi) is 7.45. The monoisotopic (exact) mass is 388 g/mol. The van der Waals surface area contributed by atoms with Crippen LogP contribution in [0.4, 0.5) is 0 Å². The molecule has 1 aliphatic heterocycles. The SMILES string of the molecule is CCCCCC(c1c(C)[nH]c2ccccc12)C(COC1CCCCO1)[N+](=O)[O-]. The number of nitrogens with one attached hydrogen (secondary N) is 1. The van der Waals surface area contributed by atoms with E-state index >= 15 is 0 Å². The third kappa shape index (κ3) is 4.92. The molecule has 28 heavy (non-hydrogen) atoms. The minimum Gasteiger partial charge on any atom is -0.358 e. The zero-order valence-electron chi connectivity index (χ0n) is 17.0. The van der Waals surface area contributed by atoms with Gasteiger partial charge in [-0.25, -0.2) is 0 Å². The first-order valence-electron chi connectivity index (χ1n) is 10.6. The first kappa shape index (κ1) is 20.8. The molecule has 0 spiro atoms. The van der Waals surface area contributed by atoms with Crippen LogP contribution in [0.2, 0.25) is 0 Å². The number of benzene rings is 1. The predicted molar refractivity (Wildman–Crippen MR) is 110 cm³/mol. The number of nitrogens with zero attached hydrogens (tertiary/aromatic N) is 1. The largest absolute Gasteiger partial charge is 0.358 e. The van der Waals surface area contributed by atoms with Crippen molar-refractivity contribution in [2.24, 2.45) is 0 Å². The zero-order valence-corrected chi connectivity index (χ0v) is 17.0. The van der Waals surface area contributed by atoms with Crippen molar-refractivity contribution in [3.05, 3.63) is 45.6 Å². The van der Waals surface area contributed by atoms with Gasteiger partial charge < -0.3 is 14.5 Å². The number of fused-ring (bicyclic) bond motifs is 1. The van der Waals surface area contributed by atoms with E-state index in [2.05, 4.69) is 18.0 Å². The van der Waals surface area contributed by atoms with Crippen LogP contribution in [0.15, 0.2) is 24.3 Å². The summed E-state index contributed by atoms with van der Waals surface area (Å²) in [6.45, 7) is 4.94. The smallest absolute Gasteiger partial charge is 0.243 e. The van der Waals surface area contributed by atoms with Crippen LogP contribution in [0.25, 0.3) is 10.9 Å². The third-order valence-electron chi connectivity index (χ3n) is 5.76. The van der Waals surface area contributed by atoms with Crippen LogP contribution in [-0.2, 0) is 9.47 Å². The molecule has 1 aliphatic rings. The first-order chi connectivity index (χ1) is 13.6. The van der Waals surface area contributed by atoms with E-state index in [1.807, 2.05) is 25.1 Å². The lowest BCUT2D eigenvalue weighted by atomic mass is 9.85. The third-order valence-corrected chi connectivity index (χ3v) is 5.76. The number of para-hydroxylation sites is 1. The van der Waals surface area contributed by atoms with Crippen LogP contribution in [-0.4, -0.2) is 35.5 Å². The lowest BCUT2D eigenvalue weighted by Gasteiger charge is -2.26. The Morgan fingerprint density at radius 3 is 2.86 bits per heavy atom. The first-order valence-corrected chi connectivity index (χ1v) is 10.6. The fraction of sp³-hybridized carbons (Fsp3) is 0.636. The van der Waals surface area contributed by atoms with Crippen LogP contribution in [0.3, 0.4) is 0 Å². The minimum absolute atomic E-state index is 0.0907. The number of hydrogen-bond acceptors (Lipinski definition) is 4. The molecule has 1 saturated heterocycles. The molecular weight excluding hydrogens is 356 g/mol. The normalized spacial score (nSPS) is 19.6. The molecule has 6 nitrogen and oxygen atoms in total. The van der Waals surface area contributed by atoms with Crippen LogP contribution >= 0.6 is 0 Å². The van der Waals surface area contributed by atoms with E-state index in [1.165, 1.54) is 0 Å². The summed E-state index contributed by atoms with van der Waals surface area (Å²) in [6, 6.07) is 7.30. The van der Waals surface area contributed by atoms with Crippen molar-refractivity contribution in [2.45, 2.75) is 77.0 Å². The van der Waals surface area contributed by atoms with Gasteiger partial charge >= 0.3 is 0 Å². The van der Waals surface area contributed by atoms with Crippen molar-refractivity contribution in [2.75, 3.05) is 13.2 Å². The summed E-state index contributed by atoms with van der Waals surface area (Å²) in [5, 5.41) is 13.1. The van der Waals surface area contributed by atoms with Gasteiger partial charge in [-0.3, -0.25) is 10.1 Å². The average Bonchev–Trinajstić information content (AvgIpc) is 3.03. The van der Waals surface area contributed by atoms with Crippen molar-refractivity contribution in [1.82, 2.24) is 4.98 Å². The molecule has 0 saturated carbocycles. The zero-order chi connectivity index (χ0) is 19.9. The van der Waals surface area contributed by atoms with Crippen molar-refractivity contribution >= 4 is 10.9 Å². The molecule has 0 aliphatic carbocycles. The maximum absolute atomic E-state index is 12.1. The fourth-order valence-corrected chi connectivity index (χ4v) is 4.29. The number of aryl methyl sites for hydroxylation is 1. The summed E-state index contributed by atoms with van der Waals surface area (Å²) in [6.07, 6.45) is 6.53. The summed E-state index contributed by atoms with van der Waals surface area (Å²) < 4.78 is 11.5. The molecule has 154 valence electrons. The predicted octanol–water partition coefficient (Wildman–Crippen LogP) is 5.33. The van der Waals surface area contributed by atoms with Gasteiger partial charge in [-0.15, -0.1) is 0 Å². The number of aromatic amines is 1. The van der Waals surface area contributed by atoms with Gasteiger partial charge in [0.25, 0.3) is 0 Å². The van der Waals surface area contributed by atoms with Crippen LogP contribution in [0.5, 0.6) is 0 Å². The molecule has 0 radical (unpaired) electrons. The Bertz CT molecular complexity index is 767. The van der Waals surface area contributed by atoms with Gasteiger partial charge in [0.2, 0.25) is 6.04 Å². The van der Waals surface area contributed by atoms with Crippen LogP contribution in [0.1, 0.15) is 69.0 Å². The minimum atomic E-state index is -0.778. The van der Waals surface area contributed by atoms with Gasteiger partial charge in [0, 0.05) is 28.1 Å². The van der Waals surface area contributed by atoms with Gasteiger partial charge in [0.05, 0.1) is 5.92 Å². The number of ether oxygens (including phenoxy) is 2.